The number of aromatic hydroxyl groups is 1. The lowest BCUT2D eigenvalue weighted by molar-refractivity contribution is -0.116. The highest BCUT2D eigenvalue weighted by molar-refractivity contribution is 6.33. The number of hydrogen-bond donors (Lipinski definition) is 2. The predicted molar refractivity (Wildman–Crippen MR) is 110 cm³/mol. The van der Waals surface area contributed by atoms with Crippen LogP contribution in [0.2, 0.25) is 5.02 Å². The zero-order valence-corrected chi connectivity index (χ0v) is 16.4. The number of phenolic OH excluding ortho intramolecular Hbond substituents is 1. The molecule has 4 aromatic rings. The van der Waals surface area contributed by atoms with Gasteiger partial charge >= 0.3 is 0 Å². The van der Waals surface area contributed by atoms with Crippen molar-refractivity contribution in [2.24, 2.45) is 7.05 Å². The van der Waals surface area contributed by atoms with E-state index in [1.54, 1.807) is 19.3 Å². The molecule has 10 heteroatoms. The summed E-state index contributed by atoms with van der Waals surface area (Å²) in [5.74, 6) is -1.72. The van der Waals surface area contributed by atoms with Crippen LogP contribution in [0, 0.1) is 5.82 Å². The van der Waals surface area contributed by atoms with Crippen LogP contribution in [-0.4, -0.2) is 30.1 Å². The summed E-state index contributed by atoms with van der Waals surface area (Å²) in [7, 11) is 1.55. The van der Waals surface area contributed by atoms with E-state index in [9.17, 15) is 19.1 Å². The Morgan fingerprint density at radius 2 is 2.13 bits per heavy atom. The average molecular weight is 428 g/mol. The zero-order valence-electron chi connectivity index (χ0n) is 15.6. The van der Waals surface area contributed by atoms with Crippen molar-refractivity contribution in [2.75, 3.05) is 5.32 Å². The Bertz CT molecular complexity index is 1350. The van der Waals surface area contributed by atoms with E-state index in [4.69, 9.17) is 11.6 Å². The van der Waals surface area contributed by atoms with Crippen molar-refractivity contribution in [1.29, 1.82) is 0 Å². The summed E-state index contributed by atoms with van der Waals surface area (Å²) in [6.45, 7) is -0.157. The highest BCUT2D eigenvalue weighted by atomic mass is 35.5. The molecule has 3 heterocycles. The van der Waals surface area contributed by atoms with Gasteiger partial charge < -0.3 is 19.6 Å². The first kappa shape index (κ1) is 19.6. The summed E-state index contributed by atoms with van der Waals surface area (Å²) in [5.41, 5.74) is 1.10. The van der Waals surface area contributed by atoms with Gasteiger partial charge in [0.15, 0.2) is 11.6 Å². The molecule has 2 N–H and O–H groups in total. The number of nitrogens with zero attached hydrogens (tertiary/aromatic N) is 4. The van der Waals surface area contributed by atoms with Crippen molar-refractivity contribution in [2.45, 2.75) is 6.54 Å². The molecule has 30 heavy (non-hydrogen) atoms. The Morgan fingerprint density at radius 1 is 1.33 bits per heavy atom. The minimum absolute atomic E-state index is 0.157. The molecule has 0 saturated heterocycles. The minimum atomic E-state index is -0.820. The average Bonchev–Trinajstić information content (AvgIpc) is 3.07. The number of fused-ring (bicyclic) bond motifs is 1. The lowest BCUT2D eigenvalue weighted by Gasteiger charge is -2.08. The molecule has 3 aromatic heterocycles. The van der Waals surface area contributed by atoms with Crippen molar-refractivity contribution in [1.82, 2.24) is 19.1 Å². The molecule has 0 spiro atoms. The number of amides is 1. The van der Waals surface area contributed by atoms with Gasteiger partial charge in [0.1, 0.15) is 12.2 Å². The monoisotopic (exact) mass is 427 g/mol. The Balaban J connectivity index is 1.78. The molecular formula is C20H15ClFN5O3. The van der Waals surface area contributed by atoms with Crippen LogP contribution in [0.5, 0.6) is 5.75 Å². The number of pyridine rings is 1. The van der Waals surface area contributed by atoms with E-state index in [2.05, 4.69) is 15.3 Å². The highest BCUT2D eigenvalue weighted by Gasteiger charge is 2.18. The van der Waals surface area contributed by atoms with Gasteiger partial charge in [-0.05, 0) is 23.8 Å². The van der Waals surface area contributed by atoms with Crippen LogP contribution in [0.4, 0.5) is 10.1 Å². The first-order chi connectivity index (χ1) is 14.3. The summed E-state index contributed by atoms with van der Waals surface area (Å²) >= 11 is 6.02. The van der Waals surface area contributed by atoms with Gasteiger partial charge in [-0.25, -0.2) is 9.37 Å². The molecular weight excluding hydrogens is 413 g/mol. The third-order valence-electron chi connectivity index (χ3n) is 4.56. The second-order valence-corrected chi connectivity index (χ2v) is 7.01. The van der Waals surface area contributed by atoms with Crippen LogP contribution in [0.25, 0.3) is 22.2 Å². The number of anilines is 1. The summed E-state index contributed by atoms with van der Waals surface area (Å²) < 4.78 is 16.7. The Labute approximate surface area is 174 Å². The lowest BCUT2D eigenvalue weighted by Crippen LogP contribution is -2.20. The molecule has 0 aliphatic rings. The number of benzene rings is 1. The third kappa shape index (κ3) is 3.50. The molecule has 1 aromatic carbocycles. The van der Waals surface area contributed by atoms with Gasteiger partial charge in [-0.15, -0.1) is 0 Å². The molecule has 0 unspecified atom stereocenters. The molecule has 0 bridgehead atoms. The third-order valence-corrected chi connectivity index (χ3v) is 4.86. The first-order valence-corrected chi connectivity index (χ1v) is 9.15. The largest absolute Gasteiger partial charge is 0.505 e. The standard InChI is InChI=1S/C20H15ClFN5O3/c1-26-10-24-19-18(20(26)30)12(11-2-3-16(28)14(22)6-11)8-27(19)9-17(29)25-15-4-5-23-7-13(15)21/h2-8,10,28H,9H2,1H3,(H,23,25,29). The fraction of sp³-hybridized carbons (Fsp3) is 0.100. The fourth-order valence-electron chi connectivity index (χ4n) is 3.10. The zero-order chi connectivity index (χ0) is 21.4. The van der Waals surface area contributed by atoms with E-state index in [0.717, 1.165) is 6.07 Å². The van der Waals surface area contributed by atoms with E-state index < -0.39 is 17.5 Å². The van der Waals surface area contributed by atoms with E-state index in [1.165, 1.54) is 40.0 Å². The quantitative estimate of drug-likeness (QED) is 0.521. The van der Waals surface area contributed by atoms with Crippen molar-refractivity contribution in [3.63, 3.8) is 0 Å². The van der Waals surface area contributed by atoms with Crippen LogP contribution < -0.4 is 10.9 Å². The topological polar surface area (TPSA) is 102 Å². The summed E-state index contributed by atoms with van der Waals surface area (Å²) in [5, 5.41) is 12.7. The van der Waals surface area contributed by atoms with Crippen LogP contribution in [-0.2, 0) is 18.4 Å². The number of aryl methyl sites for hydroxylation is 1. The maximum atomic E-state index is 13.9. The van der Waals surface area contributed by atoms with Crippen LogP contribution in [0.3, 0.4) is 0 Å². The highest BCUT2D eigenvalue weighted by Crippen LogP contribution is 2.30. The molecule has 0 atom stereocenters. The number of aromatic nitrogens is 4. The molecule has 0 fully saturated rings. The fourth-order valence-corrected chi connectivity index (χ4v) is 3.27. The Morgan fingerprint density at radius 3 is 2.87 bits per heavy atom. The van der Waals surface area contributed by atoms with E-state index in [0.29, 0.717) is 16.8 Å². The van der Waals surface area contributed by atoms with Crippen molar-refractivity contribution < 1.29 is 14.3 Å². The molecule has 1 amide bonds. The molecule has 0 saturated carbocycles. The summed E-state index contributed by atoms with van der Waals surface area (Å²) in [6.07, 6.45) is 5.80. The van der Waals surface area contributed by atoms with Crippen LogP contribution in [0.1, 0.15) is 0 Å². The van der Waals surface area contributed by atoms with E-state index in [-0.39, 0.29) is 28.2 Å². The van der Waals surface area contributed by atoms with Gasteiger partial charge in [0.2, 0.25) is 5.91 Å². The second kappa shape index (κ2) is 7.60. The maximum absolute atomic E-state index is 13.9. The van der Waals surface area contributed by atoms with Crippen molar-refractivity contribution in [3.8, 4) is 16.9 Å². The van der Waals surface area contributed by atoms with Crippen LogP contribution in [0.15, 0.2) is 54.0 Å². The number of phenols is 1. The lowest BCUT2D eigenvalue weighted by atomic mass is 10.1. The predicted octanol–water partition coefficient (Wildman–Crippen LogP) is 2.93. The van der Waals surface area contributed by atoms with Gasteiger partial charge in [0, 0.05) is 31.2 Å². The second-order valence-electron chi connectivity index (χ2n) is 6.60. The molecule has 0 aliphatic carbocycles. The maximum Gasteiger partial charge on any atom is 0.263 e. The smallest absolute Gasteiger partial charge is 0.263 e. The number of nitrogens with one attached hydrogen (secondary N) is 1. The van der Waals surface area contributed by atoms with Gasteiger partial charge in [-0.3, -0.25) is 14.6 Å². The molecule has 8 nitrogen and oxygen atoms in total. The summed E-state index contributed by atoms with van der Waals surface area (Å²) in [6, 6.07) is 5.37. The van der Waals surface area contributed by atoms with Crippen molar-refractivity contribution >= 4 is 34.2 Å². The minimum Gasteiger partial charge on any atom is -0.505 e. The van der Waals surface area contributed by atoms with E-state index >= 15 is 0 Å². The van der Waals surface area contributed by atoms with Gasteiger partial charge in [-0.1, -0.05) is 17.7 Å². The Hall–Kier alpha value is -3.72. The molecule has 4 rings (SSSR count). The Kier molecular flexibility index (Phi) is 4.96. The first-order valence-electron chi connectivity index (χ1n) is 8.78. The number of rotatable bonds is 4. The molecule has 0 aliphatic heterocycles. The van der Waals surface area contributed by atoms with Gasteiger partial charge in [-0.2, -0.15) is 0 Å². The number of hydrogen-bond acceptors (Lipinski definition) is 5. The van der Waals surface area contributed by atoms with Crippen molar-refractivity contribution in [3.05, 3.63) is 70.4 Å². The van der Waals surface area contributed by atoms with Gasteiger partial charge in [0.05, 0.1) is 22.4 Å². The summed E-state index contributed by atoms with van der Waals surface area (Å²) in [4.78, 5) is 33.4. The number of halogens is 2. The van der Waals surface area contributed by atoms with E-state index in [1.807, 2.05) is 0 Å². The molecule has 0 radical (unpaired) electrons. The van der Waals surface area contributed by atoms with Gasteiger partial charge in [0.25, 0.3) is 5.56 Å². The number of carbonyl (C=O) groups is 1. The molecule has 152 valence electrons. The normalized spacial score (nSPS) is 11.0. The van der Waals surface area contributed by atoms with Crippen LogP contribution >= 0.6 is 11.6 Å². The number of carbonyl (C=O) groups excluding carboxylic acids is 1. The SMILES string of the molecule is Cn1cnc2c(c(-c3ccc(O)c(F)c3)cn2CC(=O)Nc2ccncc2Cl)c1=O.